The summed E-state index contributed by atoms with van der Waals surface area (Å²) in [7, 11) is 1.98. The van der Waals surface area contributed by atoms with Crippen molar-refractivity contribution in [2.24, 2.45) is 7.05 Å². The van der Waals surface area contributed by atoms with Gasteiger partial charge in [0.25, 0.3) is 0 Å². The van der Waals surface area contributed by atoms with Gasteiger partial charge in [-0.1, -0.05) is 30.0 Å². The summed E-state index contributed by atoms with van der Waals surface area (Å²) in [6.45, 7) is 2.54. The van der Waals surface area contributed by atoms with Crippen LogP contribution >= 0.6 is 11.8 Å². The number of ether oxygens (including phenoxy) is 1. The first-order valence-electron chi connectivity index (χ1n) is 8.71. The van der Waals surface area contributed by atoms with E-state index in [0.717, 1.165) is 28.7 Å². The number of thioether (sulfide) groups is 1. The summed E-state index contributed by atoms with van der Waals surface area (Å²) in [4.78, 5) is 12.7. The molecule has 7 heteroatoms. The van der Waals surface area contributed by atoms with Crippen LogP contribution < -0.4 is 10.1 Å². The number of rotatable bonds is 5. The number of hydrogen-bond acceptors (Lipinski definition) is 5. The largest absolute Gasteiger partial charge is 0.493 e. The molecule has 2 heterocycles. The molecule has 0 radical (unpaired) electrons. The maximum atomic E-state index is 12.7. The van der Waals surface area contributed by atoms with Gasteiger partial charge in [0.15, 0.2) is 5.16 Å². The summed E-state index contributed by atoms with van der Waals surface area (Å²) in [6, 6.07) is 7.89. The SMILES string of the molecule is CC(Sc1nnc(C2CC2)n1C)C(=O)NC1CCOc2ccccc21. The smallest absolute Gasteiger partial charge is 0.233 e. The van der Waals surface area contributed by atoms with Crippen molar-refractivity contribution in [1.82, 2.24) is 20.1 Å². The maximum absolute atomic E-state index is 12.7. The zero-order valence-corrected chi connectivity index (χ0v) is 15.3. The summed E-state index contributed by atoms with van der Waals surface area (Å²) in [5, 5.41) is 12.3. The van der Waals surface area contributed by atoms with E-state index >= 15 is 0 Å². The minimum Gasteiger partial charge on any atom is -0.493 e. The van der Waals surface area contributed by atoms with Crippen LogP contribution in [0.5, 0.6) is 5.75 Å². The quantitative estimate of drug-likeness (QED) is 0.833. The van der Waals surface area contributed by atoms with Gasteiger partial charge in [0.2, 0.25) is 5.91 Å². The monoisotopic (exact) mass is 358 g/mol. The Hall–Kier alpha value is -2.02. The van der Waals surface area contributed by atoms with E-state index in [1.54, 1.807) is 0 Å². The third-order valence-electron chi connectivity index (χ3n) is 4.74. The van der Waals surface area contributed by atoms with E-state index in [-0.39, 0.29) is 17.2 Å². The average Bonchev–Trinajstić information content (AvgIpc) is 3.40. The van der Waals surface area contributed by atoms with Crippen molar-refractivity contribution in [2.45, 2.75) is 48.6 Å². The minimum atomic E-state index is -0.232. The Bertz CT molecular complexity index is 787. The van der Waals surface area contributed by atoms with Gasteiger partial charge in [0.1, 0.15) is 11.6 Å². The van der Waals surface area contributed by atoms with Gasteiger partial charge in [0, 0.05) is 24.9 Å². The molecule has 2 aromatic rings. The number of carbonyl (C=O) groups is 1. The van der Waals surface area contributed by atoms with E-state index in [4.69, 9.17) is 4.74 Å². The van der Waals surface area contributed by atoms with Gasteiger partial charge in [-0.3, -0.25) is 4.79 Å². The zero-order valence-electron chi connectivity index (χ0n) is 14.4. The molecule has 2 aliphatic rings. The van der Waals surface area contributed by atoms with Gasteiger partial charge in [-0.05, 0) is 25.8 Å². The fraction of sp³-hybridized carbons (Fsp3) is 0.500. The fourth-order valence-corrected chi connectivity index (χ4v) is 3.95. The Balaban J connectivity index is 1.41. The Morgan fingerprint density at radius 3 is 2.92 bits per heavy atom. The van der Waals surface area contributed by atoms with Crippen LogP contribution in [0, 0.1) is 0 Å². The van der Waals surface area contributed by atoms with Crippen molar-refractivity contribution in [3.63, 3.8) is 0 Å². The number of carbonyl (C=O) groups excluding carboxylic acids is 1. The predicted octanol–water partition coefficient (Wildman–Crippen LogP) is 2.81. The van der Waals surface area contributed by atoms with E-state index in [1.165, 1.54) is 24.6 Å². The van der Waals surface area contributed by atoms with E-state index in [2.05, 4.69) is 15.5 Å². The zero-order chi connectivity index (χ0) is 17.4. The summed E-state index contributed by atoms with van der Waals surface area (Å²) >= 11 is 1.46. The van der Waals surface area contributed by atoms with Crippen LogP contribution in [0.2, 0.25) is 0 Å². The third kappa shape index (κ3) is 3.38. The Kier molecular flexibility index (Phi) is 4.41. The molecule has 25 heavy (non-hydrogen) atoms. The lowest BCUT2D eigenvalue weighted by Crippen LogP contribution is -2.36. The summed E-state index contributed by atoms with van der Waals surface area (Å²) < 4.78 is 7.68. The van der Waals surface area contributed by atoms with Crippen LogP contribution in [0.25, 0.3) is 0 Å². The highest BCUT2D eigenvalue weighted by Crippen LogP contribution is 2.40. The van der Waals surface area contributed by atoms with Gasteiger partial charge in [-0.2, -0.15) is 0 Å². The van der Waals surface area contributed by atoms with Gasteiger partial charge in [0.05, 0.1) is 17.9 Å². The predicted molar refractivity (Wildman–Crippen MR) is 95.7 cm³/mol. The number of para-hydroxylation sites is 1. The summed E-state index contributed by atoms with van der Waals surface area (Å²) in [6.07, 6.45) is 3.17. The molecule has 1 aliphatic carbocycles. The highest BCUT2D eigenvalue weighted by Gasteiger charge is 2.30. The minimum absolute atomic E-state index is 0.00187. The van der Waals surface area contributed by atoms with Crippen molar-refractivity contribution >= 4 is 17.7 Å². The first kappa shape index (κ1) is 16.4. The highest BCUT2D eigenvalue weighted by atomic mass is 32.2. The third-order valence-corrected chi connectivity index (χ3v) is 5.87. The molecule has 1 amide bonds. The lowest BCUT2D eigenvalue weighted by molar-refractivity contribution is -0.121. The first-order chi connectivity index (χ1) is 12.1. The molecule has 2 unspecified atom stereocenters. The lowest BCUT2D eigenvalue weighted by atomic mass is 10.0. The molecule has 2 atom stereocenters. The molecule has 1 saturated carbocycles. The fourth-order valence-electron chi connectivity index (χ4n) is 3.12. The van der Waals surface area contributed by atoms with Crippen molar-refractivity contribution in [2.75, 3.05) is 6.61 Å². The van der Waals surface area contributed by atoms with Crippen LogP contribution in [0.1, 0.15) is 49.5 Å². The van der Waals surface area contributed by atoms with Crippen LogP contribution in [0.15, 0.2) is 29.4 Å². The Labute approximate surface area is 151 Å². The lowest BCUT2D eigenvalue weighted by Gasteiger charge is -2.27. The van der Waals surface area contributed by atoms with Crippen LogP contribution in [-0.2, 0) is 11.8 Å². The molecular formula is C18H22N4O2S. The number of amides is 1. The van der Waals surface area contributed by atoms with Crippen LogP contribution in [0.4, 0.5) is 0 Å². The Morgan fingerprint density at radius 1 is 1.32 bits per heavy atom. The average molecular weight is 358 g/mol. The van der Waals surface area contributed by atoms with E-state index in [9.17, 15) is 4.79 Å². The second-order valence-corrected chi connectivity index (χ2v) is 7.98. The van der Waals surface area contributed by atoms with Crippen molar-refractivity contribution in [3.05, 3.63) is 35.7 Å². The van der Waals surface area contributed by atoms with E-state index in [1.807, 2.05) is 42.8 Å². The number of fused-ring (bicyclic) bond motifs is 1. The van der Waals surface area contributed by atoms with Gasteiger partial charge in [-0.25, -0.2) is 0 Å². The second-order valence-electron chi connectivity index (χ2n) is 6.67. The molecule has 1 N–H and O–H groups in total. The molecular weight excluding hydrogens is 336 g/mol. The van der Waals surface area contributed by atoms with Gasteiger partial charge < -0.3 is 14.6 Å². The maximum Gasteiger partial charge on any atom is 0.233 e. The van der Waals surface area contributed by atoms with E-state index < -0.39 is 0 Å². The van der Waals surface area contributed by atoms with Gasteiger partial charge >= 0.3 is 0 Å². The molecule has 1 aliphatic heterocycles. The number of benzene rings is 1. The number of nitrogens with one attached hydrogen (secondary N) is 1. The highest BCUT2D eigenvalue weighted by molar-refractivity contribution is 8.00. The molecule has 1 fully saturated rings. The molecule has 132 valence electrons. The van der Waals surface area contributed by atoms with Crippen molar-refractivity contribution in [1.29, 1.82) is 0 Å². The van der Waals surface area contributed by atoms with Crippen LogP contribution in [0.3, 0.4) is 0 Å². The van der Waals surface area contributed by atoms with Crippen LogP contribution in [-0.4, -0.2) is 32.5 Å². The standard InChI is InChI=1S/C18H22N4O2S/c1-11(25-18-21-20-16(22(18)2)12-7-8-12)17(23)19-14-9-10-24-15-6-4-3-5-13(14)15/h3-6,11-12,14H,7-10H2,1-2H3,(H,19,23). The summed E-state index contributed by atoms with van der Waals surface area (Å²) in [5.74, 6) is 2.47. The Morgan fingerprint density at radius 2 is 2.12 bits per heavy atom. The molecule has 6 nitrogen and oxygen atoms in total. The molecule has 4 rings (SSSR count). The first-order valence-corrected chi connectivity index (χ1v) is 9.59. The molecule has 0 saturated heterocycles. The normalized spacial score (nSPS) is 20.5. The molecule has 0 spiro atoms. The van der Waals surface area contributed by atoms with Crippen molar-refractivity contribution < 1.29 is 9.53 Å². The number of aromatic nitrogens is 3. The molecule has 1 aromatic carbocycles. The molecule has 1 aromatic heterocycles. The summed E-state index contributed by atoms with van der Waals surface area (Å²) in [5.41, 5.74) is 1.05. The number of nitrogens with zero attached hydrogens (tertiary/aromatic N) is 3. The second kappa shape index (κ2) is 6.71. The molecule has 0 bridgehead atoms. The van der Waals surface area contributed by atoms with Gasteiger partial charge in [-0.15, -0.1) is 10.2 Å². The van der Waals surface area contributed by atoms with Crippen molar-refractivity contribution in [3.8, 4) is 5.75 Å². The topological polar surface area (TPSA) is 69.0 Å². The number of hydrogen-bond donors (Lipinski definition) is 1. The van der Waals surface area contributed by atoms with E-state index in [0.29, 0.717) is 12.5 Å².